The minimum absolute atomic E-state index is 0.230. The summed E-state index contributed by atoms with van der Waals surface area (Å²) in [5.74, 6) is 0. The zero-order chi connectivity index (χ0) is 8.55. The molecule has 0 heterocycles. The maximum Gasteiger partial charge on any atom is 0.0867 e. The van der Waals surface area contributed by atoms with Crippen molar-refractivity contribution in [2.75, 3.05) is 7.11 Å². The van der Waals surface area contributed by atoms with E-state index in [1.807, 2.05) is 12.1 Å². The number of methoxy groups -OCH3 is 1. The Labute approximate surface area is 72.7 Å². The molecule has 0 radical (unpaired) electrons. The second kappa shape index (κ2) is 2.76. The van der Waals surface area contributed by atoms with Crippen molar-refractivity contribution in [2.24, 2.45) is 0 Å². The minimum atomic E-state index is 0.230. The van der Waals surface area contributed by atoms with Crippen molar-refractivity contribution in [3.8, 4) is 0 Å². The lowest BCUT2D eigenvalue weighted by atomic mass is 10.1. The van der Waals surface area contributed by atoms with Gasteiger partial charge in [-0.05, 0) is 16.7 Å². The topological polar surface area (TPSA) is 9.23 Å². The fourth-order valence-corrected chi connectivity index (χ4v) is 1.75. The molecule has 12 heavy (non-hydrogen) atoms. The molecule has 1 aromatic carbocycles. The first-order valence-corrected chi connectivity index (χ1v) is 4.13. The Morgan fingerprint density at radius 1 is 1.42 bits per heavy atom. The SMILES string of the molecule is C=C1C[C@H](OC)c2ccccc21. The lowest BCUT2D eigenvalue weighted by Gasteiger charge is -2.07. The molecule has 0 N–H and O–H groups in total. The number of benzene rings is 1. The summed E-state index contributed by atoms with van der Waals surface area (Å²) >= 11 is 0. The zero-order valence-electron chi connectivity index (χ0n) is 7.21. The van der Waals surface area contributed by atoms with Crippen LogP contribution < -0.4 is 0 Å². The van der Waals surface area contributed by atoms with Crippen molar-refractivity contribution < 1.29 is 4.74 Å². The van der Waals surface area contributed by atoms with E-state index in [4.69, 9.17) is 4.74 Å². The van der Waals surface area contributed by atoms with Gasteiger partial charge in [0.2, 0.25) is 0 Å². The molecular weight excluding hydrogens is 148 g/mol. The molecule has 0 unspecified atom stereocenters. The van der Waals surface area contributed by atoms with Crippen LogP contribution in [-0.4, -0.2) is 7.11 Å². The largest absolute Gasteiger partial charge is 0.376 e. The van der Waals surface area contributed by atoms with Gasteiger partial charge in [-0.25, -0.2) is 0 Å². The van der Waals surface area contributed by atoms with Crippen LogP contribution in [0.2, 0.25) is 0 Å². The Morgan fingerprint density at radius 3 is 2.92 bits per heavy atom. The highest BCUT2D eigenvalue weighted by Gasteiger charge is 2.23. The van der Waals surface area contributed by atoms with Gasteiger partial charge in [-0.15, -0.1) is 0 Å². The molecule has 1 heteroatoms. The lowest BCUT2D eigenvalue weighted by Crippen LogP contribution is -1.94. The summed E-state index contributed by atoms with van der Waals surface area (Å²) in [7, 11) is 1.75. The number of hydrogen-bond donors (Lipinski definition) is 0. The number of fused-ring (bicyclic) bond motifs is 1. The average molecular weight is 160 g/mol. The van der Waals surface area contributed by atoms with Gasteiger partial charge in [0.15, 0.2) is 0 Å². The quantitative estimate of drug-likeness (QED) is 0.613. The molecule has 0 fully saturated rings. The average Bonchev–Trinajstić information content (AvgIpc) is 2.44. The summed E-state index contributed by atoms with van der Waals surface area (Å²) in [4.78, 5) is 0. The van der Waals surface area contributed by atoms with E-state index in [2.05, 4.69) is 18.7 Å². The molecule has 1 nitrogen and oxygen atoms in total. The Bertz CT molecular complexity index is 315. The van der Waals surface area contributed by atoms with Crippen molar-refractivity contribution in [3.05, 3.63) is 42.0 Å². The molecule has 1 aliphatic rings. The van der Waals surface area contributed by atoms with E-state index in [9.17, 15) is 0 Å². The predicted molar refractivity (Wildman–Crippen MR) is 49.8 cm³/mol. The minimum Gasteiger partial charge on any atom is -0.376 e. The first kappa shape index (κ1) is 7.56. The summed E-state index contributed by atoms with van der Waals surface area (Å²) in [6, 6.07) is 8.31. The molecule has 0 spiro atoms. The van der Waals surface area contributed by atoms with Crippen molar-refractivity contribution in [1.29, 1.82) is 0 Å². The van der Waals surface area contributed by atoms with Gasteiger partial charge in [-0.2, -0.15) is 0 Å². The first-order valence-electron chi connectivity index (χ1n) is 4.13. The Balaban J connectivity index is 2.50. The summed E-state index contributed by atoms with van der Waals surface area (Å²) in [6.07, 6.45) is 1.17. The van der Waals surface area contributed by atoms with Crippen molar-refractivity contribution in [1.82, 2.24) is 0 Å². The van der Waals surface area contributed by atoms with Crippen molar-refractivity contribution in [2.45, 2.75) is 12.5 Å². The molecule has 2 rings (SSSR count). The van der Waals surface area contributed by atoms with E-state index in [1.54, 1.807) is 7.11 Å². The Morgan fingerprint density at radius 2 is 2.17 bits per heavy atom. The van der Waals surface area contributed by atoms with Gasteiger partial charge in [0.25, 0.3) is 0 Å². The maximum atomic E-state index is 5.35. The molecule has 0 saturated carbocycles. The summed E-state index contributed by atoms with van der Waals surface area (Å²) in [5, 5.41) is 0. The molecule has 0 saturated heterocycles. The van der Waals surface area contributed by atoms with E-state index >= 15 is 0 Å². The summed E-state index contributed by atoms with van der Waals surface area (Å²) < 4.78 is 5.35. The molecule has 0 aliphatic heterocycles. The smallest absolute Gasteiger partial charge is 0.0867 e. The van der Waals surface area contributed by atoms with Gasteiger partial charge in [0.05, 0.1) is 6.10 Å². The summed E-state index contributed by atoms with van der Waals surface area (Å²) in [5.41, 5.74) is 3.74. The van der Waals surface area contributed by atoms with E-state index in [-0.39, 0.29) is 6.10 Å². The second-order valence-corrected chi connectivity index (χ2v) is 3.12. The molecule has 0 bridgehead atoms. The molecule has 1 aliphatic carbocycles. The highest BCUT2D eigenvalue weighted by Crippen LogP contribution is 2.39. The van der Waals surface area contributed by atoms with Crippen LogP contribution >= 0.6 is 0 Å². The first-order chi connectivity index (χ1) is 5.83. The fourth-order valence-electron chi connectivity index (χ4n) is 1.75. The number of rotatable bonds is 1. The molecule has 62 valence electrons. The van der Waals surface area contributed by atoms with Gasteiger partial charge in [0, 0.05) is 13.5 Å². The molecule has 1 aromatic rings. The van der Waals surface area contributed by atoms with E-state index in [1.165, 1.54) is 16.7 Å². The molecule has 1 atom stereocenters. The predicted octanol–water partition coefficient (Wildman–Crippen LogP) is 2.79. The van der Waals surface area contributed by atoms with Crippen LogP contribution in [0.15, 0.2) is 30.8 Å². The van der Waals surface area contributed by atoms with Crippen LogP contribution in [0.4, 0.5) is 0 Å². The third kappa shape index (κ3) is 0.978. The van der Waals surface area contributed by atoms with E-state index in [0.717, 1.165) is 6.42 Å². The van der Waals surface area contributed by atoms with Crippen molar-refractivity contribution >= 4 is 5.57 Å². The Kier molecular flexibility index (Phi) is 1.74. The third-order valence-electron chi connectivity index (χ3n) is 2.40. The molecular formula is C11H12O. The highest BCUT2D eigenvalue weighted by atomic mass is 16.5. The second-order valence-electron chi connectivity index (χ2n) is 3.12. The van der Waals surface area contributed by atoms with Gasteiger partial charge < -0.3 is 4.74 Å². The summed E-state index contributed by atoms with van der Waals surface area (Å²) in [6.45, 7) is 4.01. The van der Waals surface area contributed by atoms with E-state index in [0.29, 0.717) is 0 Å². The van der Waals surface area contributed by atoms with E-state index < -0.39 is 0 Å². The van der Waals surface area contributed by atoms with Gasteiger partial charge >= 0.3 is 0 Å². The standard InChI is InChI=1S/C11H12O/c1-8-7-11(12-2)10-6-4-3-5-9(8)10/h3-6,11H,1,7H2,2H3/t11-/m0/s1. The zero-order valence-corrected chi connectivity index (χ0v) is 7.21. The van der Waals surface area contributed by atoms with Crippen LogP contribution in [0.3, 0.4) is 0 Å². The lowest BCUT2D eigenvalue weighted by molar-refractivity contribution is 0.112. The number of ether oxygens (including phenoxy) is 1. The van der Waals surface area contributed by atoms with Crippen LogP contribution in [-0.2, 0) is 4.74 Å². The van der Waals surface area contributed by atoms with Crippen molar-refractivity contribution in [3.63, 3.8) is 0 Å². The molecule has 0 aromatic heterocycles. The van der Waals surface area contributed by atoms with Crippen LogP contribution in [0, 0.1) is 0 Å². The monoisotopic (exact) mass is 160 g/mol. The van der Waals surface area contributed by atoms with Gasteiger partial charge in [0.1, 0.15) is 0 Å². The highest BCUT2D eigenvalue weighted by molar-refractivity contribution is 5.71. The Hall–Kier alpha value is -1.08. The van der Waals surface area contributed by atoms with Crippen LogP contribution in [0.1, 0.15) is 23.7 Å². The van der Waals surface area contributed by atoms with Gasteiger partial charge in [-0.1, -0.05) is 30.8 Å². The van der Waals surface area contributed by atoms with Gasteiger partial charge in [-0.3, -0.25) is 0 Å². The maximum absolute atomic E-state index is 5.35. The molecule has 0 amide bonds. The normalized spacial score (nSPS) is 21.1. The van der Waals surface area contributed by atoms with Crippen LogP contribution in [0.5, 0.6) is 0 Å². The van der Waals surface area contributed by atoms with Crippen LogP contribution in [0.25, 0.3) is 5.57 Å². The third-order valence-corrected chi connectivity index (χ3v) is 2.40. The fraction of sp³-hybridized carbons (Fsp3) is 0.273. The number of hydrogen-bond acceptors (Lipinski definition) is 1.